The van der Waals surface area contributed by atoms with Crippen LogP contribution in [-0.4, -0.2) is 18.0 Å². The lowest BCUT2D eigenvalue weighted by molar-refractivity contribution is 0.219. The van der Waals surface area contributed by atoms with E-state index in [1.54, 1.807) is 0 Å². The van der Waals surface area contributed by atoms with Crippen molar-refractivity contribution in [3.8, 4) is 0 Å². The van der Waals surface area contributed by atoms with Crippen LogP contribution in [0.4, 0.5) is 0 Å². The summed E-state index contributed by atoms with van der Waals surface area (Å²) in [5, 5.41) is 0. The third-order valence-corrected chi connectivity index (χ3v) is 4.91. The van der Waals surface area contributed by atoms with Crippen LogP contribution in [0.25, 0.3) is 0 Å². The zero-order chi connectivity index (χ0) is 13.6. The molecule has 0 aliphatic carbocycles. The quantitative estimate of drug-likeness (QED) is 0.791. The van der Waals surface area contributed by atoms with Crippen molar-refractivity contribution in [2.45, 2.75) is 35.6 Å². The van der Waals surface area contributed by atoms with Crippen molar-refractivity contribution < 1.29 is 0 Å². The van der Waals surface area contributed by atoms with Crippen LogP contribution in [0.3, 0.4) is 0 Å². The molecular formula is C18H21NS. The minimum atomic E-state index is 1.09. The highest BCUT2D eigenvalue weighted by molar-refractivity contribution is 7.99. The number of benzene rings is 2. The fourth-order valence-electron chi connectivity index (χ4n) is 2.71. The third-order valence-electron chi connectivity index (χ3n) is 3.79. The first kappa shape index (κ1) is 13.7. The molecule has 1 aliphatic rings. The molecule has 20 heavy (non-hydrogen) atoms. The van der Waals surface area contributed by atoms with Crippen molar-refractivity contribution in [3.05, 3.63) is 60.2 Å². The summed E-state index contributed by atoms with van der Waals surface area (Å²) >= 11 is 1.88. The van der Waals surface area contributed by atoms with Crippen LogP contribution >= 0.6 is 11.8 Å². The van der Waals surface area contributed by atoms with Gasteiger partial charge in [0.05, 0.1) is 0 Å². The Labute approximate surface area is 126 Å². The molecule has 0 unspecified atom stereocenters. The van der Waals surface area contributed by atoms with Crippen molar-refractivity contribution in [2.24, 2.45) is 0 Å². The summed E-state index contributed by atoms with van der Waals surface area (Å²) in [6.45, 7) is 3.60. The first-order valence-electron chi connectivity index (χ1n) is 7.45. The van der Waals surface area contributed by atoms with Crippen LogP contribution in [0, 0.1) is 0 Å². The molecule has 0 amide bonds. The highest BCUT2D eigenvalue weighted by Crippen LogP contribution is 2.31. The van der Waals surface area contributed by atoms with Crippen LogP contribution in [-0.2, 0) is 6.54 Å². The molecule has 1 fully saturated rings. The van der Waals surface area contributed by atoms with Crippen LogP contribution in [0.2, 0.25) is 0 Å². The normalized spacial score (nSPS) is 16.2. The molecule has 0 saturated carbocycles. The van der Waals surface area contributed by atoms with Gasteiger partial charge < -0.3 is 0 Å². The molecule has 0 bridgehead atoms. The minimum Gasteiger partial charge on any atom is -0.299 e. The molecule has 2 aromatic rings. The van der Waals surface area contributed by atoms with Crippen molar-refractivity contribution in [1.29, 1.82) is 0 Å². The molecule has 1 aliphatic heterocycles. The molecule has 0 radical (unpaired) electrons. The van der Waals surface area contributed by atoms with E-state index in [1.165, 1.54) is 47.7 Å². The Hall–Kier alpha value is -1.25. The fourth-order valence-corrected chi connectivity index (χ4v) is 3.67. The molecule has 1 nitrogen and oxygen atoms in total. The van der Waals surface area contributed by atoms with Gasteiger partial charge in [0.1, 0.15) is 0 Å². The maximum absolute atomic E-state index is 2.59. The van der Waals surface area contributed by atoms with Crippen molar-refractivity contribution >= 4 is 11.8 Å². The maximum atomic E-state index is 2.59. The largest absolute Gasteiger partial charge is 0.299 e. The molecule has 2 aromatic carbocycles. The lowest BCUT2D eigenvalue weighted by Crippen LogP contribution is -2.29. The Morgan fingerprint density at radius 3 is 2.30 bits per heavy atom. The van der Waals surface area contributed by atoms with Gasteiger partial charge in [-0.15, -0.1) is 0 Å². The molecular weight excluding hydrogens is 262 g/mol. The molecule has 104 valence electrons. The van der Waals surface area contributed by atoms with Gasteiger partial charge in [-0.1, -0.05) is 54.6 Å². The highest BCUT2D eigenvalue weighted by atomic mass is 32.2. The van der Waals surface area contributed by atoms with Gasteiger partial charge in [0.25, 0.3) is 0 Å². The second-order valence-corrected chi connectivity index (χ2v) is 6.48. The summed E-state index contributed by atoms with van der Waals surface area (Å²) in [5.74, 6) is 0. The van der Waals surface area contributed by atoms with E-state index in [0.29, 0.717) is 0 Å². The number of likely N-dealkylation sites (tertiary alicyclic amines) is 1. The van der Waals surface area contributed by atoms with Crippen LogP contribution < -0.4 is 0 Å². The number of piperidine rings is 1. The second kappa shape index (κ2) is 6.96. The van der Waals surface area contributed by atoms with E-state index < -0.39 is 0 Å². The SMILES string of the molecule is c1ccc(Sc2ccccc2CN2CCCCC2)cc1. The Morgan fingerprint density at radius 1 is 0.800 bits per heavy atom. The average Bonchev–Trinajstić information content (AvgIpc) is 2.51. The maximum Gasteiger partial charge on any atom is 0.0244 e. The van der Waals surface area contributed by atoms with E-state index in [-0.39, 0.29) is 0 Å². The molecule has 1 heterocycles. The van der Waals surface area contributed by atoms with Crippen molar-refractivity contribution in [3.63, 3.8) is 0 Å². The minimum absolute atomic E-state index is 1.09. The summed E-state index contributed by atoms with van der Waals surface area (Å²) in [7, 11) is 0. The Kier molecular flexibility index (Phi) is 4.77. The zero-order valence-corrected chi connectivity index (χ0v) is 12.6. The van der Waals surface area contributed by atoms with Gasteiger partial charge in [-0.3, -0.25) is 4.90 Å². The summed E-state index contributed by atoms with van der Waals surface area (Å²) in [5.41, 5.74) is 1.46. The van der Waals surface area contributed by atoms with E-state index in [1.807, 2.05) is 11.8 Å². The molecule has 0 aromatic heterocycles. The lowest BCUT2D eigenvalue weighted by Gasteiger charge is -2.27. The van der Waals surface area contributed by atoms with E-state index in [9.17, 15) is 0 Å². The summed E-state index contributed by atoms with van der Waals surface area (Å²) in [6, 6.07) is 19.5. The summed E-state index contributed by atoms with van der Waals surface area (Å²) in [4.78, 5) is 5.30. The number of hydrogen-bond donors (Lipinski definition) is 0. The Morgan fingerprint density at radius 2 is 1.50 bits per heavy atom. The van der Waals surface area contributed by atoms with Gasteiger partial charge >= 0.3 is 0 Å². The van der Waals surface area contributed by atoms with Gasteiger partial charge in [0, 0.05) is 16.3 Å². The first-order valence-corrected chi connectivity index (χ1v) is 8.27. The first-order chi connectivity index (χ1) is 9.92. The fraction of sp³-hybridized carbons (Fsp3) is 0.333. The van der Waals surface area contributed by atoms with Gasteiger partial charge in [0.15, 0.2) is 0 Å². The lowest BCUT2D eigenvalue weighted by atomic mass is 10.1. The molecule has 2 heteroatoms. The topological polar surface area (TPSA) is 3.24 Å². The zero-order valence-electron chi connectivity index (χ0n) is 11.8. The number of hydrogen-bond acceptors (Lipinski definition) is 2. The number of nitrogens with zero attached hydrogens (tertiary/aromatic N) is 1. The van der Waals surface area contributed by atoms with Crippen molar-refractivity contribution in [1.82, 2.24) is 4.90 Å². The molecule has 1 saturated heterocycles. The van der Waals surface area contributed by atoms with E-state index >= 15 is 0 Å². The predicted molar refractivity (Wildman–Crippen MR) is 86.1 cm³/mol. The highest BCUT2D eigenvalue weighted by Gasteiger charge is 2.12. The number of rotatable bonds is 4. The van der Waals surface area contributed by atoms with E-state index in [0.717, 1.165) is 6.54 Å². The second-order valence-electron chi connectivity index (χ2n) is 5.36. The van der Waals surface area contributed by atoms with Crippen molar-refractivity contribution in [2.75, 3.05) is 13.1 Å². The monoisotopic (exact) mass is 283 g/mol. The Balaban J connectivity index is 1.74. The van der Waals surface area contributed by atoms with E-state index in [4.69, 9.17) is 0 Å². The average molecular weight is 283 g/mol. The summed E-state index contributed by atoms with van der Waals surface area (Å²) < 4.78 is 0. The van der Waals surface area contributed by atoms with Crippen LogP contribution in [0.5, 0.6) is 0 Å². The van der Waals surface area contributed by atoms with Gasteiger partial charge in [-0.05, 0) is 49.7 Å². The standard InChI is InChI=1S/C18H21NS/c1-3-10-17(11-4-1)20-18-12-6-5-9-16(18)15-19-13-7-2-8-14-19/h1,3-6,9-12H,2,7-8,13-15H2. The van der Waals surface area contributed by atoms with E-state index in [2.05, 4.69) is 59.5 Å². The predicted octanol–water partition coefficient (Wildman–Crippen LogP) is 4.82. The molecule has 0 N–H and O–H groups in total. The van der Waals surface area contributed by atoms with Gasteiger partial charge in [-0.2, -0.15) is 0 Å². The molecule has 3 rings (SSSR count). The van der Waals surface area contributed by atoms with Crippen LogP contribution in [0.15, 0.2) is 64.4 Å². The van der Waals surface area contributed by atoms with Crippen LogP contribution in [0.1, 0.15) is 24.8 Å². The molecule has 0 spiro atoms. The van der Waals surface area contributed by atoms with Gasteiger partial charge in [-0.25, -0.2) is 0 Å². The third kappa shape index (κ3) is 3.65. The molecule has 0 atom stereocenters. The van der Waals surface area contributed by atoms with Gasteiger partial charge in [0.2, 0.25) is 0 Å². The smallest absolute Gasteiger partial charge is 0.0244 e. The Bertz CT molecular complexity index is 532. The summed E-state index contributed by atoms with van der Waals surface area (Å²) in [6.07, 6.45) is 4.11.